The first-order valence-corrected chi connectivity index (χ1v) is 22.3. The molecule has 0 aromatic rings. The monoisotopic (exact) mass is 776 g/mol. The molecule has 0 saturated carbocycles. The molecule has 2 unspecified atom stereocenters. The topological polar surface area (TPSA) is 94.1 Å². The molecule has 8 nitrogen and oxygen atoms in total. The highest BCUT2D eigenvalue weighted by Crippen LogP contribution is 2.38. The number of unbranched alkanes of at least 4 members (excludes halogenated alkanes) is 9. The van der Waals surface area contributed by atoms with Crippen LogP contribution in [0.25, 0.3) is 0 Å². The highest BCUT2D eigenvalue weighted by Gasteiger charge is 2.20. The highest BCUT2D eigenvalue weighted by atomic mass is 31.2. The summed E-state index contributed by atoms with van der Waals surface area (Å²) in [5.74, 6) is -0.358. The van der Waals surface area contributed by atoms with Crippen molar-refractivity contribution in [1.29, 1.82) is 0 Å². The van der Waals surface area contributed by atoms with Crippen LogP contribution in [0.5, 0.6) is 0 Å². The number of hydrogen-bond donors (Lipinski definition) is 0. The van der Waals surface area contributed by atoms with Gasteiger partial charge >= 0.3 is 5.97 Å². The Morgan fingerprint density at radius 1 is 0.593 bits per heavy atom. The Balaban J connectivity index is 4.14. The van der Waals surface area contributed by atoms with Gasteiger partial charge in [0.2, 0.25) is 0 Å². The van der Waals surface area contributed by atoms with Crippen LogP contribution in [0.1, 0.15) is 136 Å². The second-order valence-electron chi connectivity index (χ2n) is 14.6. The van der Waals surface area contributed by atoms with Crippen molar-refractivity contribution in [2.75, 3.05) is 54.1 Å². The van der Waals surface area contributed by atoms with Crippen molar-refractivity contribution in [1.82, 2.24) is 0 Å². The second-order valence-corrected chi connectivity index (χ2v) is 16.0. The smallest absolute Gasteiger partial charge is 0.306 e. The number of quaternary nitrogens is 1. The molecular weight excluding hydrogens is 697 g/mol. The summed E-state index contributed by atoms with van der Waals surface area (Å²) < 4.78 is 34.3. The fraction of sp³-hybridized carbons (Fsp3) is 0.667. The third kappa shape index (κ3) is 40.9. The van der Waals surface area contributed by atoms with Crippen molar-refractivity contribution in [3.8, 4) is 0 Å². The molecule has 9 heteroatoms. The Bertz CT molecular complexity index is 1130. The lowest BCUT2D eigenvalue weighted by Crippen LogP contribution is -2.37. The molecule has 0 aromatic carbocycles. The summed E-state index contributed by atoms with van der Waals surface area (Å²) in [5, 5.41) is 0. The van der Waals surface area contributed by atoms with Crippen LogP contribution in [0.2, 0.25) is 0 Å². The summed E-state index contributed by atoms with van der Waals surface area (Å²) in [7, 11) is 1.32. The fourth-order valence-electron chi connectivity index (χ4n) is 4.99. The van der Waals surface area contributed by atoms with E-state index in [2.05, 4.69) is 98.9 Å². The van der Waals surface area contributed by atoms with E-state index in [0.29, 0.717) is 24.1 Å². The maximum absolute atomic E-state index is 12.5. The average molecular weight is 776 g/mol. The van der Waals surface area contributed by atoms with Gasteiger partial charge in [0.25, 0.3) is 7.82 Å². The number of phosphoric acid groups is 1. The van der Waals surface area contributed by atoms with Gasteiger partial charge in [0, 0.05) is 13.0 Å². The van der Waals surface area contributed by atoms with Gasteiger partial charge in [-0.3, -0.25) is 9.36 Å². The summed E-state index contributed by atoms with van der Waals surface area (Å²) >= 11 is 0. The molecule has 54 heavy (non-hydrogen) atoms. The molecule has 0 heterocycles. The molecule has 0 rings (SSSR count). The number of esters is 1. The molecule has 0 radical (unpaired) electrons. The van der Waals surface area contributed by atoms with Crippen LogP contribution >= 0.6 is 7.82 Å². The Morgan fingerprint density at radius 2 is 1.07 bits per heavy atom. The van der Waals surface area contributed by atoms with Gasteiger partial charge in [-0.05, 0) is 70.6 Å². The largest absolute Gasteiger partial charge is 0.756 e. The minimum absolute atomic E-state index is 0.0164. The van der Waals surface area contributed by atoms with Crippen LogP contribution < -0.4 is 4.89 Å². The van der Waals surface area contributed by atoms with E-state index < -0.39 is 13.9 Å². The van der Waals surface area contributed by atoms with Crippen LogP contribution in [0.15, 0.2) is 85.1 Å². The van der Waals surface area contributed by atoms with Crippen molar-refractivity contribution >= 4 is 13.8 Å². The second kappa shape index (κ2) is 37.6. The van der Waals surface area contributed by atoms with Gasteiger partial charge < -0.3 is 27.9 Å². The third-order valence-corrected chi connectivity index (χ3v) is 9.18. The molecule has 0 aliphatic carbocycles. The summed E-state index contributed by atoms with van der Waals surface area (Å²) in [6.07, 6.45) is 49.2. The summed E-state index contributed by atoms with van der Waals surface area (Å²) in [4.78, 5) is 24.8. The first-order valence-electron chi connectivity index (χ1n) is 20.8. The van der Waals surface area contributed by atoms with Gasteiger partial charge in [-0.1, -0.05) is 144 Å². The Labute approximate surface area is 331 Å². The maximum Gasteiger partial charge on any atom is 0.306 e. The van der Waals surface area contributed by atoms with E-state index in [4.69, 9.17) is 18.5 Å². The lowest BCUT2D eigenvalue weighted by atomic mass is 10.1. The van der Waals surface area contributed by atoms with Crippen LogP contribution in [-0.2, 0) is 27.9 Å². The first kappa shape index (κ1) is 51.7. The molecule has 2 atom stereocenters. The van der Waals surface area contributed by atoms with Crippen molar-refractivity contribution in [3.05, 3.63) is 85.1 Å². The van der Waals surface area contributed by atoms with Gasteiger partial charge in [-0.25, -0.2) is 0 Å². The Morgan fingerprint density at radius 3 is 1.61 bits per heavy atom. The number of carbonyl (C=O) groups excluding carboxylic acids is 1. The number of phosphoric ester groups is 1. The van der Waals surface area contributed by atoms with E-state index in [-0.39, 0.29) is 25.8 Å². The molecule has 0 amide bonds. The number of likely N-dealkylation sites (N-methyl/N-ethyl adjacent to an activating group) is 1. The van der Waals surface area contributed by atoms with Crippen LogP contribution in [-0.4, -0.2) is 70.7 Å². The molecule has 0 aromatic heterocycles. The zero-order valence-corrected chi connectivity index (χ0v) is 35.8. The molecule has 0 bridgehead atoms. The number of rotatable bonds is 37. The molecule has 0 aliphatic rings. The molecule has 310 valence electrons. The van der Waals surface area contributed by atoms with E-state index in [1.165, 1.54) is 19.3 Å². The van der Waals surface area contributed by atoms with Crippen LogP contribution in [0, 0.1) is 0 Å². The van der Waals surface area contributed by atoms with Gasteiger partial charge in [0.05, 0.1) is 34.4 Å². The third-order valence-electron chi connectivity index (χ3n) is 8.21. The number of ether oxygens (including phenoxy) is 2. The lowest BCUT2D eigenvalue weighted by molar-refractivity contribution is -0.870. The zero-order valence-electron chi connectivity index (χ0n) is 34.9. The molecule has 0 N–H and O–H groups in total. The normalized spacial score (nSPS) is 14.7. The molecule has 0 saturated heterocycles. The average Bonchev–Trinajstić information content (AvgIpc) is 3.12. The Hall–Kier alpha value is -2.32. The first-order chi connectivity index (χ1) is 26.1. The SMILES string of the molecule is CC/C=C\C/C=C\C/C=C\C/C=C\C/C=C\C/C=C\C/C=C\CCCCCCOCC(COP(=O)([O-])OCC[N+](C)(C)C)OC(=O)CCCCCCCC. The van der Waals surface area contributed by atoms with E-state index in [0.717, 1.165) is 96.3 Å². The molecule has 0 spiro atoms. The van der Waals surface area contributed by atoms with E-state index in [9.17, 15) is 14.3 Å². The highest BCUT2D eigenvalue weighted by molar-refractivity contribution is 7.45. The van der Waals surface area contributed by atoms with E-state index in [1.807, 2.05) is 21.1 Å². The van der Waals surface area contributed by atoms with Gasteiger partial charge in [-0.2, -0.15) is 0 Å². The number of nitrogens with zero attached hydrogens (tertiary/aromatic N) is 1. The van der Waals surface area contributed by atoms with Crippen LogP contribution in [0.3, 0.4) is 0 Å². The predicted molar refractivity (Wildman–Crippen MR) is 226 cm³/mol. The standard InChI is InChI=1S/C45H78NO7P/c1-6-8-10-12-14-15-16-17-18-19-20-21-22-23-24-25-26-27-28-29-30-31-32-33-35-37-40-50-42-44(53-45(47)38-36-34-13-11-9-7-2)43-52-54(48,49)51-41-39-46(3,4)5/h8,10,14-15,17-18,20-21,23-24,26-27,29-30,44H,6-7,9,11-13,16,19,22,25,28,31-43H2,1-5H3/b10-8-,15-14-,18-17-,21-20-,24-23-,27-26-,30-29-. The van der Waals surface area contributed by atoms with Gasteiger partial charge in [0.15, 0.2) is 0 Å². The Kier molecular flexibility index (Phi) is 36.0. The molecule has 0 fully saturated rings. The number of allylic oxidation sites excluding steroid dienone is 14. The molecular formula is C45H78NO7P. The minimum atomic E-state index is -4.52. The number of carbonyl (C=O) groups is 1. The van der Waals surface area contributed by atoms with Gasteiger partial charge in [-0.15, -0.1) is 0 Å². The fourth-order valence-corrected chi connectivity index (χ4v) is 5.72. The van der Waals surface area contributed by atoms with Crippen molar-refractivity contribution in [2.24, 2.45) is 0 Å². The van der Waals surface area contributed by atoms with Crippen molar-refractivity contribution in [3.63, 3.8) is 0 Å². The van der Waals surface area contributed by atoms with Crippen LogP contribution in [0.4, 0.5) is 0 Å². The maximum atomic E-state index is 12.5. The number of hydrogen-bond acceptors (Lipinski definition) is 7. The molecule has 0 aliphatic heterocycles. The zero-order chi connectivity index (χ0) is 39.9. The van der Waals surface area contributed by atoms with E-state index in [1.54, 1.807) is 0 Å². The summed E-state index contributed by atoms with van der Waals surface area (Å²) in [6.45, 7) is 5.13. The summed E-state index contributed by atoms with van der Waals surface area (Å²) in [5.41, 5.74) is 0. The van der Waals surface area contributed by atoms with Gasteiger partial charge in [0.1, 0.15) is 19.3 Å². The summed E-state index contributed by atoms with van der Waals surface area (Å²) in [6, 6.07) is 0. The van der Waals surface area contributed by atoms with E-state index >= 15 is 0 Å². The quantitative estimate of drug-likeness (QED) is 0.0204. The lowest BCUT2D eigenvalue weighted by Gasteiger charge is -2.28. The predicted octanol–water partition coefficient (Wildman–Crippen LogP) is 11.5. The van der Waals surface area contributed by atoms with Crippen molar-refractivity contribution < 1.29 is 37.3 Å². The minimum Gasteiger partial charge on any atom is -0.756 e. The van der Waals surface area contributed by atoms with Crippen molar-refractivity contribution in [2.45, 2.75) is 142 Å².